The standard InChI is InChI=1S/C9H10O2.2CH2O/c1-2-7-3-5-8(6-4-7)9(10)11;2*1-2/h3-6H,2H2,1H3,(H,10,11);2*1H2. The fraction of sp³-hybridized carbons (Fsp3) is 0.182. The zero-order valence-electron chi connectivity index (χ0n) is 8.60. The number of carboxylic acids is 1. The Morgan fingerprint density at radius 1 is 1.13 bits per heavy atom. The van der Waals surface area contributed by atoms with Gasteiger partial charge in [0.2, 0.25) is 0 Å². The molecule has 1 aromatic carbocycles. The Balaban J connectivity index is 0. The number of benzene rings is 1. The Kier molecular flexibility index (Phi) is 10.5. The minimum Gasteiger partial charge on any atom is -0.478 e. The van der Waals surface area contributed by atoms with Crippen molar-refractivity contribution in [1.29, 1.82) is 0 Å². The van der Waals surface area contributed by atoms with Crippen LogP contribution in [0.4, 0.5) is 0 Å². The van der Waals surface area contributed by atoms with E-state index in [-0.39, 0.29) is 0 Å². The van der Waals surface area contributed by atoms with E-state index in [1.165, 1.54) is 0 Å². The molecule has 0 bridgehead atoms. The third-order valence-corrected chi connectivity index (χ3v) is 1.61. The number of rotatable bonds is 2. The summed E-state index contributed by atoms with van der Waals surface area (Å²) in [6.45, 7) is 6.04. The Labute approximate surface area is 88.5 Å². The van der Waals surface area contributed by atoms with Crippen molar-refractivity contribution < 1.29 is 19.5 Å². The molecule has 4 heteroatoms. The van der Waals surface area contributed by atoms with Crippen LogP contribution in [0.2, 0.25) is 0 Å². The molecule has 0 radical (unpaired) electrons. The molecule has 1 rings (SSSR count). The van der Waals surface area contributed by atoms with Gasteiger partial charge in [0.1, 0.15) is 13.6 Å². The Morgan fingerprint density at radius 2 is 1.53 bits per heavy atom. The van der Waals surface area contributed by atoms with Crippen molar-refractivity contribution in [3.8, 4) is 0 Å². The van der Waals surface area contributed by atoms with Crippen molar-refractivity contribution in [1.82, 2.24) is 0 Å². The summed E-state index contributed by atoms with van der Waals surface area (Å²) in [4.78, 5) is 26.4. The predicted molar refractivity (Wildman–Crippen MR) is 57.0 cm³/mol. The minimum atomic E-state index is -0.868. The van der Waals surface area contributed by atoms with Crippen molar-refractivity contribution >= 4 is 19.5 Å². The first kappa shape index (κ1) is 15.5. The monoisotopic (exact) mass is 210 g/mol. The second kappa shape index (κ2) is 10.1. The SMILES string of the molecule is C=O.C=O.CCc1ccc(C(=O)O)cc1. The molecular formula is C11H14O4. The fourth-order valence-corrected chi connectivity index (χ4v) is 0.883. The lowest BCUT2D eigenvalue weighted by Gasteiger charge is -1.96. The highest BCUT2D eigenvalue weighted by atomic mass is 16.4. The van der Waals surface area contributed by atoms with Gasteiger partial charge in [-0.2, -0.15) is 0 Å². The highest BCUT2D eigenvalue weighted by Crippen LogP contribution is 2.04. The quantitative estimate of drug-likeness (QED) is 0.804. The second-order valence-corrected chi connectivity index (χ2v) is 2.36. The maximum atomic E-state index is 10.4. The number of aromatic carboxylic acids is 1. The molecule has 0 heterocycles. The van der Waals surface area contributed by atoms with Gasteiger partial charge in [0.25, 0.3) is 0 Å². The van der Waals surface area contributed by atoms with Gasteiger partial charge in [0.05, 0.1) is 5.56 Å². The van der Waals surface area contributed by atoms with E-state index in [4.69, 9.17) is 14.7 Å². The molecule has 1 aromatic rings. The summed E-state index contributed by atoms with van der Waals surface area (Å²) >= 11 is 0. The molecule has 0 aliphatic heterocycles. The summed E-state index contributed by atoms with van der Waals surface area (Å²) in [6, 6.07) is 6.93. The van der Waals surface area contributed by atoms with Gasteiger partial charge in [-0.25, -0.2) is 4.79 Å². The van der Waals surface area contributed by atoms with Crippen LogP contribution in [-0.4, -0.2) is 24.7 Å². The molecule has 0 amide bonds. The number of hydrogen-bond acceptors (Lipinski definition) is 3. The van der Waals surface area contributed by atoms with Gasteiger partial charge in [0.15, 0.2) is 0 Å². The largest absolute Gasteiger partial charge is 0.478 e. The zero-order chi connectivity index (χ0) is 12.3. The highest BCUT2D eigenvalue weighted by Gasteiger charge is 1.99. The van der Waals surface area contributed by atoms with Crippen LogP contribution in [0, 0.1) is 0 Å². The third kappa shape index (κ3) is 6.15. The lowest BCUT2D eigenvalue weighted by Crippen LogP contribution is -1.95. The molecule has 0 unspecified atom stereocenters. The Morgan fingerprint density at radius 3 is 1.80 bits per heavy atom. The van der Waals surface area contributed by atoms with Crippen molar-refractivity contribution in [2.24, 2.45) is 0 Å². The molecule has 0 fully saturated rings. The van der Waals surface area contributed by atoms with Crippen molar-refractivity contribution in [3.63, 3.8) is 0 Å². The molecule has 0 aliphatic carbocycles. The summed E-state index contributed by atoms with van der Waals surface area (Å²) in [7, 11) is 0. The first-order valence-electron chi connectivity index (χ1n) is 4.14. The molecule has 0 spiro atoms. The van der Waals surface area contributed by atoms with Gasteiger partial charge in [-0.1, -0.05) is 19.1 Å². The molecule has 0 aliphatic rings. The highest BCUT2D eigenvalue weighted by molar-refractivity contribution is 5.87. The average Bonchev–Trinajstić information content (AvgIpc) is 2.34. The van der Waals surface area contributed by atoms with E-state index in [0.29, 0.717) is 5.56 Å². The summed E-state index contributed by atoms with van der Waals surface area (Å²) in [5.41, 5.74) is 1.51. The summed E-state index contributed by atoms with van der Waals surface area (Å²) in [6.07, 6.45) is 0.944. The zero-order valence-corrected chi connectivity index (χ0v) is 8.60. The van der Waals surface area contributed by atoms with Crippen molar-refractivity contribution in [3.05, 3.63) is 35.4 Å². The maximum Gasteiger partial charge on any atom is 0.335 e. The van der Waals surface area contributed by atoms with Gasteiger partial charge >= 0.3 is 5.97 Å². The molecule has 82 valence electrons. The van der Waals surface area contributed by atoms with Gasteiger partial charge < -0.3 is 14.7 Å². The van der Waals surface area contributed by atoms with Crippen LogP contribution in [0.25, 0.3) is 0 Å². The topological polar surface area (TPSA) is 71.4 Å². The molecular weight excluding hydrogens is 196 g/mol. The second-order valence-electron chi connectivity index (χ2n) is 2.36. The number of hydrogen-bond donors (Lipinski definition) is 1. The normalized spacial score (nSPS) is 7.53. The van der Waals surface area contributed by atoms with Gasteiger partial charge in [-0.3, -0.25) is 0 Å². The van der Waals surface area contributed by atoms with Gasteiger partial charge in [-0.05, 0) is 24.1 Å². The number of carboxylic acid groups (broad SMARTS) is 1. The van der Waals surface area contributed by atoms with Crippen LogP contribution in [0.1, 0.15) is 22.8 Å². The molecule has 4 nitrogen and oxygen atoms in total. The van der Waals surface area contributed by atoms with Gasteiger partial charge in [0, 0.05) is 0 Å². The van der Waals surface area contributed by atoms with Gasteiger partial charge in [-0.15, -0.1) is 0 Å². The van der Waals surface area contributed by atoms with E-state index in [1.807, 2.05) is 32.6 Å². The minimum absolute atomic E-state index is 0.349. The number of aryl methyl sites for hydroxylation is 1. The molecule has 0 atom stereocenters. The smallest absolute Gasteiger partial charge is 0.335 e. The third-order valence-electron chi connectivity index (χ3n) is 1.61. The fourth-order valence-electron chi connectivity index (χ4n) is 0.883. The lowest BCUT2D eigenvalue weighted by atomic mass is 10.1. The van der Waals surface area contributed by atoms with E-state index in [1.54, 1.807) is 12.1 Å². The molecule has 0 saturated carbocycles. The van der Waals surface area contributed by atoms with E-state index in [2.05, 4.69) is 0 Å². The first-order chi connectivity index (χ1) is 7.24. The van der Waals surface area contributed by atoms with Crippen LogP contribution in [-0.2, 0) is 16.0 Å². The van der Waals surface area contributed by atoms with E-state index >= 15 is 0 Å². The average molecular weight is 210 g/mol. The molecule has 15 heavy (non-hydrogen) atoms. The van der Waals surface area contributed by atoms with Crippen molar-refractivity contribution in [2.45, 2.75) is 13.3 Å². The number of carbonyl (C=O) groups excluding carboxylic acids is 2. The molecule has 0 aromatic heterocycles. The van der Waals surface area contributed by atoms with E-state index in [0.717, 1.165) is 12.0 Å². The lowest BCUT2D eigenvalue weighted by molar-refractivity contribution is -0.0987. The predicted octanol–water partition coefficient (Wildman–Crippen LogP) is 1.58. The number of carbonyl (C=O) groups is 3. The Bertz CT molecular complexity index is 277. The summed E-state index contributed by atoms with van der Waals surface area (Å²) < 4.78 is 0. The van der Waals surface area contributed by atoms with Crippen LogP contribution >= 0.6 is 0 Å². The maximum absolute atomic E-state index is 10.4. The van der Waals surface area contributed by atoms with Crippen LogP contribution < -0.4 is 0 Å². The Hall–Kier alpha value is -1.97. The van der Waals surface area contributed by atoms with Crippen LogP contribution in [0.15, 0.2) is 24.3 Å². The van der Waals surface area contributed by atoms with Crippen LogP contribution in [0.5, 0.6) is 0 Å². The molecule has 1 N–H and O–H groups in total. The van der Waals surface area contributed by atoms with Crippen molar-refractivity contribution in [2.75, 3.05) is 0 Å². The molecule has 0 saturated heterocycles. The summed E-state index contributed by atoms with van der Waals surface area (Å²) in [5, 5.41) is 8.55. The van der Waals surface area contributed by atoms with E-state index < -0.39 is 5.97 Å². The first-order valence-corrected chi connectivity index (χ1v) is 4.14. The van der Waals surface area contributed by atoms with Crippen LogP contribution in [0.3, 0.4) is 0 Å². The van der Waals surface area contributed by atoms with E-state index in [9.17, 15) is 4.79 Å². The summed E-state index contributed by atoms with van der Waals surface area (Å²) in [5.74, 6) is -0.868.